The number of amides is 1. The molecular formula is C10H15N5O2. The highest BCUT2D eigenvalue weighted by molar-refractivity contribution is 5.76. The van der Waals surface area contributed by atoms with Gasteiger partial charge in [-0.15, -0.1) is 4.68 Å². The van der Waals surface area contributed by atoms with Crippen molar-refractivity contribution < 1.29 is 4.79 Å². The minimum absolute atomic E-state index is 0.153. The van der Waals surface area contributed by atoms with Crippen molar-refractivity contribution in [2.45, 2.75) is 44.7 Å². The summed E-state index contributed by atoms with van der Waals surface area (Å²) in [4.78, 5) is 25.7. The van der Waals surface area contributed by atoms with Crippen LogP contribution in [0.3, 0.4) is 0 Å². The van der Waals surface area contributed by atoms with Gasteiger partial charge >= 0.3 is 11.7 Å². The molecule has 2 aliphatic rings. The van der Waals surface area contributed by atoms with Gasteiger partial charge in [-0.3, -0.25) is 0 Å². The number of carbonyl (C=O) groups excluding carboxylic acids is 1. The maximum Gasteiger partial charge on any atom is 0.372 e. The van der Waals surface area contributed by atoms with Crippen molar-refractivity contribution in [1.29, 1.82) is 0 Å². The van der Waals surface area contributed by atoms with E-state index in [-0.39, 0.29) is 18.1 Å². The standard InChI is InChI=1S/C10H15N5O2/c1-7-3-2-6-13(7)9(16)15-10(17)14(11-12-15)8-4-5-8/h7-8H,2-6H2,1H3. The van der Waals surface area contributed by atoms with Crippen LogP contribution in [0.4, 0.5) is 4.79 Å². The lowest BCUT2D eigenvalue weighted by Gasteiger charge is -2.19. The first kappa shape index (κ1) is 10.5. The molecule has 17 heavy (non-hydrogen) atoms. The molecule has 0 radical (unpaired) electrons. The molecule has 7 heteroatoms. The fraction of sp³-hybridized carbons (Fsp3) is 0.800. The Bertz CT molecular complexity index is 501. The van der Waals surface area contributed by atoms with E-state index in [9.17, 15) is 9.59 Å². The van der Waals surface area contributed by atoms with Crippen LogP contribution in [0.25, 0.3) is 0 Å². The van der Waals surface area contributed by atoms with Crippen LogP contribution in [-0.4, -0.2) is 43.3 Å². The maximum atomic E-state index is 12.1. The minimum Gasteiger partial charge on any atom is -0.320 e. The van der Waals surface area contributed by atoms with E-state index in [0.29, 0.717) is 6.54 Å². The molecule has 1 aromatic heterocycles. The molecule has 1 saturated heterocycles. The van der Waals surface area contributed by atoms with Gasteiger partial charge in [0.2, 0.25) is 0 Å². The zero-order valence-corrected chi connectivity index (χ0v) is 9.74. The van der Waals surface area contributed by atoms with Crippen LogP contribution in [0.1, 0.15) is 38.6 Å². The number of tetrazole rings is 1. The molecule has 0 spiro atoms. The van der Waals surface area contributed by atoms with Crippen molar-refractivity contribution in [1.82, 2.24) is 24.7 Å². The normalized spacial score (nSPS) is 24.3. The summed E-state index contributed by atoms with van der Waals surface area (Å²) in [5.74, 6) is 0. The predicted molar refractivity (Wildman–Crippen MR) is 58.7 cm³/mol. The minimum atomic E-state index is -0.406. The van der Waals surface area contributed by atoms with Gasteiger partial charge in [0.05, 0.1) is 6.04 Å². The average Bonchev–Trinajstić information content (AvgIpc) is 2.95. The Morgan fingerprint density at radius 1 is 1.29 bits per heavy atom. The Kier molecular flexibility index (Phi) is 2.27. The SMILES string of the molecule is CC1CCCN1C(=O)n1nnn(C2CC2)c1=O. The van der Waals surface area contributed by atoms with Gasteiger partial charge < -0.3 is 4.90 Å². The van der Waals surface area contributed by atoms with Crippen molar-refractivity contribution in [2.24, 2.45) is 0 Å². The number of likely N-dealkylation sites (tertiary alicyclic amines) is 1. The predicted octanol–water partition coefficient (Wildman–Crippen LogP) is 0.227. The van der Waals surface area contributed by atoms with E-state index in [1.54, 1.807) is 4.90 Å². The second-order valence-electron chi connectivity index (χ2n) is 4.82. The van der Waals surface area contributed by atoms with Crippen LogP contribution >= 0.6 is 0 Å². The first-order valence-corrected chi connectivity index (χ1v) is 6.04. The Balaban J connectivity index is 1.88. The lowest BCUT2D eigenvalue weighted by Crippen LogP contribution is -2.42. The van der Waals surface area contributed by atoms with E-state index < -0.39 is 5.69 Å². The number of aromatic nitrogens is 4. The number of carbonyl (C=O) groups is 1. The van der Waals surface area contributed by atoms with Gasteiger partial charge in [-0.25, -0.2) is 9.59 Å². The molecule has 7 nitrogen and oxygen atoms in total. The summed E-state index contributed by atoms with van der Waals surface area (Å²) in [5, 5.41) is 7.45. The largest absolute Gasteiger partial charge is 0.372 e. The monoisotopic (exact) mass is 237 g/mol. The molecule has 1 aliphatic heterocycles. The van der Waals surface area contributed by atoms with Crippen LogP contribution < -0.4 is 5.69 Å². The highest BCUT2D eigenvalue weighted by Gasteiger charge is 2.32. The van der Waals surface area contributed by atoms with Crippen molar-refractivity contribution in [3.8, 4) is 0 Å². The van der Waals surface area contributed by atoms with Crippen LogP contribution in [-0.2, 0) is 0 Å². The van der Waals surface area contributed by atoms with E-state index in [1.165, 1.54) is 4.68 Å². The van der Waals surface area contributed by atoms with Crippen LogP contribution in [0.15, 0.2) is 4.79 Å². The molecule has 0 bridgehead atoms. The third-order valence-corrected chi connectivity index (χ3v) is 3.48. The van der Waals surface area contributed by atoms with Crippen molar-refractivity contribution in [3.63, 3.8) is 0 Å². The first-order chi connectivity index (χ1) is 8.18. The van der Waals surface area contributed by atoms with Gasteiger partial charge in [-0.1, -0.05) is 0 Å². The zero-order valence-electron chi connectivity index (χ0n) is 9.74. The Morgan fingerprint density at radius 2 is 2.06 bits per heavy atom. The van der Waals surface area contributed by atoms with Crippen molar-refractivity contribution in [3.05, 3.63) is 10.5 Å². The molecule has 3 rings (SSSR count). The van der Waals surface area contributed by atoms with Crippen LogP contribution in [0, 0.1) is 0 Å². The van der Waals surface area contributed by atoms with Gasteiger partial charge in [0.1, 0.15) is 0 Å². The molecule has 92 valence electrons. The summed E-state index contributed by atoms with van der Waals surface area (Å²) in [6.45, 7) is 2.68. The maximum absolute atomic E-state index is 12.1. The molecule has 1 amide bonds. The van der Waals surface area contributed by atoms with Gasteiger partial charge in [0.15, 0.2) is 0 Å². The third kappa shape index (κ3) is 1.65. The van der Waals surface area contributed by atoms with E-state index >= 15 is 0 Å². The molecule has 1 saturated carbocycles. The number of nitrogens with zero attached hydrogens (tertiary/aromatic N) is 5. The molecule has 1 aliphatic carbocycles. The molecule has 2 fully saturated rings. The summed E-state index contributed by atoms with van der Waals surface area (Å²) in [5.41, 5.74) is -0.406. The first-order valence-electron chi connectivity index (χ1n) is 6.04. The molecule has 0 aromatic carbocycles. The molecular weight excluding hydrogens is 222 g/mol. The van der Waals surface area contributed by atoms with E-state index in [1.807, 2.05) is 6.92 Å². The van der Waals surface area contributed by atoms with Crippen LogP contribution in [0.2, 0.25) is 0 Å². The molecule has 0 N–H and O–H groups in total. The topological polar surface area (TPSA) is 73.0 Å². The summed E-state index contributed by atoms with van der Waals surface area (Å²) < 4.78 is 2.21. The number of hydrogen-bond acceptors (Lipinski definition) is 4. The number of rotatable bonds is 1. The third-order valence-electron chi connectivity index (χ3n) is 3.48. The molecule has 1 unspecified atom stereocenters. The van der Waals surface area contributed by atoms with Gasteiger partial charge in [0.25, 0.3) is 0 Å². The second-order valence-corrected chi connectivity index (χ2v) is 4.82. The van der Waals surface area contributed by atoms with E-state index in [0.717, 1.165) is 30.4 Å². The summed E-state index contributed by atoms with van der Waals surface area (Å²) in [6, 6.07) is -0.00701. The summed E-state index contributed by atoms with van der Waals surface area (Å²) >= 11 is 0. The van der Waals surface area contributed by atoms with Crippen molar-refractivity contribution in [2.75, 3.05) is 6.54 Å². The fourth-order valence-electron chi connectivity index (χ4n) is 2.26. The lowest BCUT2D eigenvalue weighted by molar-refractivity contribution is 0.193. The zero-order chi connectivity index (χ0) is 12.0. The quantitative estimate of drug-likeness (QED) is 0.655. The Hall–Kier alpha value is -1.66. The van der Waals surface area contributed by atoms with E-state index in [4.69, 9.17) is 0 Å². The van der Waals surface area contributed by atoms with Crippen LogP contribution in [0.5, 0.6) is 0 Å². The number of hydrogen-bond donors (Lipinski definition) is 0. The average molecular weight is 237 g/mol. The summed E-state index contributed by atoms with van der Waals surface area (Å²) in [7, 11) is 0. The molecule has 1 aromatic rings. The second kappa shape index (κ2) is 3.68. The Morgan fingerprint density at radius 3 is 2.65 bits per heavy atom. The highest BCUT2D eigenvalue weighted by atomic mass is 16.2. The Labute approximate surface area is 98.0 Å². The molecule has 1 atom stereocenters. The van der Waals surface area contributed by atoms with Gasteiger partial charge in [0, 0.05) is 12.6 Å². The van der Waals surface area contributed by atoms with Crippen molar-refractivity contribution >= 4 is 6.03 Å². The lowest BCUT2D eigenvalue weighted by atomic mass is 10.2. The smallest absolute Gasteiger partial charge is 0.320 e. The molecule has 2 heterocycles. The highest BCUT2D eigenvalue weighted by Crippen LogP contribution is 2.32. The fourth-order valence-corrected chi connectivity index (χ4v) is 2.26. The van der Waals surface area contributed by atoms with Gasteiger partial charge in [-0.05, 0) is 43.0 Å². The van der Waals surface area contributed by atoms with E-state index in [2.05, 4.69) is 10.4 Å². The summed E-state index contributed by atoms with van der Waals surface area (Å²) in [6.07, 6.45) is 3.87. The van der Waals surface area contributed by atoms with Gasteiger partial charge in [-0.2, -0.15) is 4.68 Å².